The van der Waals surface area contributed by atoms with E-state index in [0.717, 1.165) is 5.39 Å². The van der Waals surface area contributed by atoms with Crippen molar-refractivity contribution >= 4 is 31.0 Å². The molecular formula is C20H30ClN3O4Si. The molecule has 9 heteroatoms. The van der Waals surface area contributed by atoms with Crippen LogP contribution in [0.2, 0.25) is 23.2 Å². The molecule has 4 heterocycles. The molecule has 0 spiro atoms. The first-order valence-corrected chi connectivity index (χ1v) is 13.3. The second-order valence-corrected chi connectivity index (χ2v) is 15.0. The largest absolute Gasteiger partial charge is 0.414 e. The number of halogens is 1. The van der Waals surface area contributed by atoms with Crippen LogP contribution in [-0.2, 0) is 18.6 Å². The van der Waals surface area contributed by atoms with Crippen LogP contribution < -0.4 is 0 Å². The lowest BCUT2D eigenvalue weighted by molar-refractivity contribution is -0.200. The Labute approximate surface area is 177 Å². The lowest BCUT2D eigenvalue weighted by Crippen LogP contribution is -2.44. The molecule has 2 aliphatic heterocycles. The van der Waals surface area contributed by atoms with Crippen molar-refractivity contribution in [1.82, 2.24) is 14.8 Å². The predicted molar refractivity (Wildman–Crippen MR) is 113 cm³/mol. The highest BCUT2D eigenvalue weighted by atomic mass is 35.5. The average Bonchev–Trinajstić information content (AvgIpc) is 3.24. The monoisotopic (exact) mass is 439 g/mol. The highest BCUT2D eigenvalue weighted by molar-refractivity contribution is 6.74. The fraction of sp³-hybridized carbons (Fsp3) is 0.700. The van der Waals surface area contributed by atoms with Crippen LogP contribution >= 0.6 is 11.6 Å². The smallest absolute Gasteiger partial charge is 0.192 e. The van der Waals surface area contributed by atoms with Crippen molar-refractivity contribution in [3.05, 3.63) is 23.5 Å². The summed E-state index contributed by atoms with van der Waals surface area (Å²) in [7, 11) is -1.92. The van der Waals surface area contributed by atoms with Gasteiger partial charge in [0.1, 0.15) is 18.3 Å². The zero-order valence-corrected chi connectivity index (χ0v) is 19.9. The van der Waals surface area contributed by atoms with Gasteiger partial charge in [0, 0.05) is 6.20 Å². The minimum Gasteiger partial charge on any atom is -0.414 e. The Balaban J connectivity index is 1.62. The van der Waals surface area contributed by atoms with E-state index in [2.05, 4.69) is 43.9 Å². The van der Waals surface area contributed by atoms with E-state index in [0.29, 0.717) is 17.3 Å². The zero-order valence-electron chi connectivity index (χ0n) is 18.1. The van der Waals surface area contributed by atoms with Crippen molar-refractivity contribution in [3.63, 3.8) is 0 Å². The number of fused-ring (bicyclic) bond motifs is 2. The Kier molecular flexibility index (Phi) is 5.12. The molecule has 0 amide bonds. The summed E-state index contributed by atoms with van der Waals surface area (Å²) in [6.45, 7) is 15.5. The lowest BCUT2D eigenvalue weighted by atomic mass is 10.1. The summed E-state index contributed by atoms with van der Waals surface area (Å²) in [5.41, 5.74) is 0.667. The molecule has 4 atom stereocenters. The van der Waals surface area contributed by atoms with E-state index in [1.807, 2.05) is 13.8 Å². The van der Waals surface area contributed by atoms with Crippen molar-refractivity contribution in [1.29, 1.82) is 0 Å². The number of nitrogens with zero attached hydrogens (tertiary/aromatic N) is 3. The summed E-state index contributed by atoms with van der Waals surface area (Å²) in [4.78, 5) is 4.45. The third-order valence-electron chi connectivity index (χ3n) is 6.23. The maximum absolute atomic E-state index is 6.44. The van der Waals surface area contributed by atoms with Crippen LogP contribution in [0.3, 0.4) is 0 Å². The van der Waals surface area contributed by atoms with E-state index < -0.39 is 20.3 Å². The zero-order chi connectivity index (χ0) is 21.2. The minimum absolute atomic E-state index is 0.121. The van der Waals surface area contributed by atoms with Crippen LogP contribution in [0.1, 0.15) is 40.8 Å². The van der Waals surface area contributed by atoms with Crippen LogP contribution in [0.5, 0.6) is 0 Å². The number of pyridine rings is 1. The van der Waals surface area contributed by atoms with Gasteiger partial charge in [-0.1, -0.05) is 32.4 Å². The summed E-state index contributed by atoms with van der Waals surface area (Å²) in [6.07, 6.45) is 2.13. The third-order valence-corrected chi connectivity index (χ3v) is 11.1. The lowest BCUT2D eigenvalue weighted by Gasteiger charge is -2.37. The molecule has 0 aliphatic carbocycles. The van der Waals surface area contributed by atoms with Crippen molar-refractivity contribution in [2.75, 3.05) is 6.61 Å². The Morgan fingerprint density at radius 2 is 1.93 bits per heavy atom. The van der Waals surface area contributed by atoms with Gasteiger partial charge in [-0.25, -0.2) is 9.67 Å². The quantitative estimate of drug-likeness (QED) is 0.652. The normalized spacial score (nSPS) is 29.5. The second kappa shape index (κ2) is 7.00. The molecule has 29 heavy (non-hydrogen) atoms. The SMILES string of the molecule is CC1(C)O[C@@H]2[C@H](O1)[C@@H](CO[Si](C)(C)C(C)(C)C)O[C@H]2n1ncc2c(Cl)ccnc21. The van der Waals surface area contributed by atoms with Crippen LogP contribution in [0.25, 0.3) is 11.0 Å². The maximum atomic E-state index is 6.44. The van der Waals surface area contributed by atoms with Gasteiger partial charge in [-0.05, 0) is 38.0 Å². The van der Waals surface area contributed by atoms with E-state index in [1.54, 1.807) is 23.1 Å². The molecule has 0 bridgehead atoms. The van der Waals surface area contributed by atoms with E-state index in [1.165, 1.54) is 0 Å². The number of hydrogen-bond donors (Lipinski definition) is 0. The molecule has 2 aromatic rings. The number of rotatable bonds is 4. The van der Waals surface area contributed by atoms with E-state index in [4.69, 9.17) is 30.2 Å². The van der Waals surface area contributed by atoms with Gasteiger partial charge >= 0.3 is 0 Å². The molecule has 2 aromatic heterocycles. The standard InChI is InChI=1S/C20H30ClN3O4Si/c1-19(2,3)29(6,7)25-11-14-15-16(28-20(4,5)27-15)18(26-14)24-17-12(10-23-24)13(21)8-9-22-17/h8-10,14-16,18H,11H2,1-7H3/t14-,15-,16-,18-/m1/s1. The van der Waals surface area contributed by atoms with E-state index in [-0.39, 0.29) is 23.4 Å². The van der Waals surface area contributed by atoms with Gasteiger partial charge in [0.25, 0.3) is 0 Å². The van der Waals surface area contributed by atoms with E-state index in [9.17, 15) is 0 Å². The van der Waals surface area contributed by atoms with Crippen LogP contribution in [-0.4, -0.2) is 53.8 Å². The van der Waals surface area contributed by atoms with Crippen molar-refractivity contribution in [2.24, 2.45) is 0 Å². The summed E-state index contributed by atoms with van der Waals surface area (Å²) < 4.78 is 27.0. The number of hydrogen-bond acceptors (Lipinski definition) is 6. The van der Waals surface area contributed by atoms with Crippen LogP contribution in [0.15, 0.2) is 18.5 Å². The average molecular weight is 440 g/mol. The first-order chi connectivity index (χ1) is 13.4. The highest BCUT2D eigenvalue weighted by Crippen LogP contribution is 2.45. The maximum Gasteiger partial charge on any atom is 0.192 e. The van der Waals surface area contributed by atoms with Gasteiger partial charge in [-0.2, -0.15) is 5.10 Å². The summed E-state index contributed by atoms with van der Waals surface area (Å²) in [5.74, 6) is -0.694. The molecule has 160 valence electrons. The summed E-state index contributed by atoms with van der Waals surface area (Å²) in [6, 6.07) is 1.75. The molecule has 0 unspecified atom stereocenters. The molecule has 2 fully saturated rings. The molecule has 0 N–H and O–H groups in total. The first-order valence-electron chi connectivity index (χ1n) is 10.0. The molecule has 0 aromatic carbocycles. The van der Waals surface area contributed by atoms with Gasteiger partial charge in [0.05, 0.1) is 23.2 Å². The van der Waals surface area contributed by atoms with Crippen molar-refractivity contribution in [2.45, 2.75) is 83.1 Å². The molecular weight excluding hydrogens is 410 g/mol. The van der Waals surface area contributed by atoms with Gasteiger partial charge in [-0.3, -0.25) is 0 Å². The topological polar surface area (TPSA) is 67.6 Å². The Morgan fingerprint density at radius 1 is 1.24 bits per heavy atom. The Hall–Kier alpha value is -1.03. The predicted octanol–water partition coefficient (Wildman–Crippen LogP) is 4.52. The first kappa shape index (κ1) is 21.2. The van der Waals surface area contributed by atoms with Crippen molar-refractivity contribution in [3.8, 4) is 0 Å². The van der Waals surface area contributed by atoms with Crippen LogP contribution in [0.4, 0.5) is 0 Å². The highest BCUT2D eigenvalue weighted by Gasteiger charge is 2.57. The molecule has 0 radical (unpaired) electrons. The van der Waals surface area contributed by atoms with Gasteiger partial charge < -0.3 is 18.6 Å². The Morgan fingerprint density at radius 3 is 2.62 bits per heavy atom. The molecule has 2 saturated heterocycles. The minimum atomic E-state index is -1.92. The van der Waals surface area contributed by atoms with Gasteiger partial charge in [-0.15, -0.1) is 0 Å². The number of ether oxygens (including phenoxy) is 3. The van der Waals surface area contributed by atoms with Gasteiger partial charge in [0.2, 0.25) is 0 Å². The van der Waals surface area contributed by atoms with E-state index >= 15 is 0 Å². The summed E-state index contributed by atoms with van der Waals surface area (Å²) in [5, 5.41) is 6.02. The summed E-state index contributed by atoms with van der Waals surface area (Å²) >= 11 is 6.30. The number of aromatic nitrogens is 3. The molecule has 7 nitrogen and oxygen atoms in total. The Bertz CT molecular complexity index is 911. The molecule has 0 saturated carbocycles. The molecule has 2 aliphatic rings. The fourth-order valence-electron chi connectivity index (χ4n) is 3.60. The second-order valence-electron chi connectivity index (χ2n) is 9.82. The van der Waals surface area contributed by atoms with Crippen LogP contribution in [0, 0.1) is 0 Å². The van der Waals surface area contributed by atoms with Gasteiger partial charge in [0.15, 0.2) is 26.0 Å². The third kappa shape index (κ3) is 3.75. The fourth-order valence-corrected chi connectivity index (χ4v) is 4.80. The van der Waals surface area contributed by atoms with Crippen molar-refractivity contribution < 1.29 is 18.6 Å². The molecule has 4 rings (SSSR count).